The van der Waals surface area contributed by atoms with Gasteiger partial charge in [0.2, 0.25) is 11.8 Å². The minimum atomic E-state index is -0.378. The van der Waals surface area contributed by atoms with Crippen molar-refractivity contribution in [1.82, 2.24) is 9.88 Å². The summed E-state index contributed by atoms with van der Waals surface area (Å²) in [5.74, 6) is 0.231. The molecule has 2 amide bonds. The lowest BCUT2D eigenvalue weighted by Gasteiger charge is -2.24. The number of nitrogens with zero attached hydrogens (tertiary/aromatic N) is 2. The summed E-state index contributed by atoms with van der Waals surface area (Å²) in [4.78, 5) is 31.3. The summed E-state index contributed by atoms with van der Waals surface area (Å²) < 4.78 is 1.05. The van der Waals surface area contributed by atoms with Gasteiger partial charge in [-0.3, -0.25) is 9.59 Å². The molecule has 1 aromatic heterocycles. The molecular formula is C18H18BrN3O2S. The number of hydrogen-bond acceptors (Lipinski definition) is 4. The van der Waals surface area contributed by atoms with E-state index in [9.17, 15) is 9.59 Å². The highest BCUT2D eigenvalue weighted by molar-refractivity contribution is 9.10. The molecule has 0 spiro atoms. The summed E-state index contributed by atoms with van der Waals surface area (Å²) in [6.07, 6.45) is 4.10. The van der Waals surface area contributed by atoms with Crippen molar-refractivity contribution in [2.45, 2.75) is 31.2 Å². The third-order valence-electron chi connectivity index (χ3n) is 4.91. The van der Waals surface area contributed by atoms with Gasteiger partial charge in [0.25, 0.3) is 0 Å². The third kappa shape index (κ3) is 3.35. The zero-order valence-electron chi connectivity index (χ0n) is 13.5. The Hall–Kier alpha value is -1.73. The Balaban J connectivity index is 1.43. The maximum absolute atomic E-state index is 12.9. The van der Waals surface area contributed by atoms with Gasteiger partial charge < -0.3 is 10.2 Å². The number of likely N-dealkylation sites (tertiary alicyclic amines) is 1. The van der Waals surface area contributed by atoms with Gasteiger partial charge in [-0.1, -0.05) is 34.1 Å². The summed E-state index contributed by atoms with van der Waals surface area (Å²) in [6, 6.07) is 7.68. The van der Waals surface area contributed by atoms with Crippen molar-refractivity contribution in [3.63, 3.8) is 0 Å². The third-order valence-corrected chi connectivity index (χ3v) is 6.32. The van der Waals surface area contributed by atoms with Crippen LogP contribution in [-0.2, 0) is 9.59 Å². The molecule has 25 heavy (non-hydrogen) atoms. The van der Waals surface area contributed by atoms with Crippen LogP contribution in [0.15, 0.2) is 40.3 Å². The first-order valence-corrected chi connectivity index (χ1v) is 10.1. The molecule has 0 radical (unpaired) electrons. The maximum Gasteiger partial charge on any atom is 0.248 e. The molecule has 1 saturated carbocycles. The highest BCUT2D eigenvalue weighted by atomic mass is 79.9. The number of halogens is 1. The van der Waals surface area contributed by atoms with Gasteiger partial charge in [-0.05, 0) is 36.8 Å². The number of rotatable bonds is 4. The Labute approximate surface area is 158 Å². The van der Waals surface area contributed by atoms with Crippen LogP contribution in [0.1, 0.15) is 30.7 Å². The van der Waals surface area contributed by atoms with E-state index in [1.807, 2.05) is 23.6 Å². The lowest BCUT2D eigenvalue weighted by atomic mass is 10.1. The van der Waals surface area contributed by atoms with Crippen LogP contribution in [0.4, 0.5) is 5.13 Å². The summed E-state index contributed by atoms with van der Waals surface area (Å²) in [5, 5.41) is 5.23. The van der Waals surface area contributed by atoms with Crippen LogP contribution < -0.4 is 5.32 Å². The molecular weight excluding hydrogens is 402 g/mol. The normalized spacial score (nSPS) is 25.0. The first kappa shape index (κ1) is 16.7. The van der Waals surface area contributed by atoms with Gasteiger partial charge in [0.05, 0.1) is 0 Å². The fourth-order valence-electron chi connectivity index (χ4n) is 3.58. The van der Waals surface area contributed by atoms with Crippen molar-refractivity contribution in [3.8, 4) is 0 Å². The summed E-state index contributed by atoms with van der Waals surface area (Å²) in [7, 11) is 0. The Morgan fingerprint density at radius 2 is 2.16 bits per heavy atom. The van der Waals surface area contributed by atoms with Crippen molar-refractivity contribution in [2.24, 2.45) is 5.92 Å². The smallest absolute Gasteiger partial charge is 0.248 e. The van der Waals surface area contributed by atoms with E-state index in [-0.39, 0.29) is 29.7 Å². The largest absolute Gasteiger partial charge is 0.330 e. The van der Waals surface area contributed by atoms with E-state index >= 15 is 0 Å². The van der Waals surface area contributed by atoms with Gasteiger partial charge in [-0.15, -0.1) is 11.3 Å². The van der Waals surface area contributed by atoms with Crippen molar-refractivity contribution in [3.05, 3.63) is 45.9 Å². The Morgan fingerprint density at radius 1 is 1.32 bits per heavy atom. The molecule has 0 bridgehead atoms. The first-order valence-electron chi connectivity index (χ1n) is 8.40. The van der Waals surface area contributed by atoms with Crippen LogP contribution in [0.3, 0.4) is 0 Å². The number of aromatic nitrogens is 1. The molecule has 2 aliphatic rings. The molecule has 1 aliphatic carbocycles. The number of amides is 2. The predicted molar refractivity (Wildman–Crippen MR) is 100 cm³/mol. The van der Waals surface area contributed by atoms with Gasteiger partial charge >= 0.3 is 0 Å². The summed E-state index contributed by atoms with van der Waals surface area (Å²) in [5.41, 5.74) is 1.18. The van der Waals surface area contributed by atoms with Gasteiger partial charge in [0.1, 0.15) is 6.04 Å². The number of hydrogen-bond donors (Lipinski definition) is 1. The molecule has 2 aromatic rings. The average Bonchev–Trinajstić information content (AvgIpc) is 2.99. The molecule has 5 nitrogen and oxygen atoms in total. The number of nitrogens with one attached hydrogen (secondary N) is 1. The van der Waals surface area contributed by atoms with E-state index in [2.05, 4.69) is 32.3 Å². The fourth-order valence-corrected chi connectivity index (χ4v) is 4.69. The molecule has 7 heteroatoms. The lowest BCUT2D eigenvalue weighted by molar-refractivity contribution is -0.137. The number of carbonyl (C=O) groups excluding carboxylic acids is 2. The van der Waals surface area contributed by atoms with Crippen LogP contribution >= 0.6 is 27.3 Å². The second-order valence-corrected chi connectivity index (χ2v) is 8.24. The van der Waals surface area contributed by atoms with Crippen LogP contribution in [0.5, 0.6) is 0 Å². The van der Waals surface area contributed by atoms with Gasteiger partial charge in [-0.25, -0.2) is 4.98 Å². The molecule has 1 aliphatic heterocycles. The standard InChI is InChI=1S/C18H18BrN3O2S/c19-14-5-2-1-4-11(14)12-10-13(12)17(24)22-8-3-6-15(22)16(23)21-18-20-7-9-25-18/h1-2,4-5,7,9,12-13,15H,3,6,8,10H2,(H,20,21,23)/t12-,13+,15-/m0/s1. The SMILES string of the molecule is O=C(Nc1nccs1)[C@@H]1CCCN1C(=O)[C@@H]1C[C@H]1c1ccccc1Br. The first-order chi connectivity index (χ1) is 12.1. The quantitative estimate of drug-likeness (QED) is 0.822. The molecule has 4 rings (SSSR count). The molecule has 1 N–H and O–H groups in total. The number of carbonyl (C=O) groups is 2. The van der Waals surface area contributed by atoms with Gasteiger partial charge in [0.15, 0.2) is 5.13 Å². The molecule has 1 aromatic carbocycles. The second kappa shape index (κ2) is 6.88. The van der Waals surface area contributed by atoms with Crippen molar-refractivity contribution in [1.29, 1.82) is 0 Å². The van der Waals surface area contributed by atoms with E-state index in [1.165, 1.54) is 16.9 Å². The molecule has 1 saturated heterocycles. The lowest BCUT2D eigenvalue weighted by Crippen LogP contribution is -2.44. The minimum absolute atomic E-state index is 0.00744. The van der Waals surface area contributed by atoms with Crippen molar-refractivity contribution in [2.75, 3.05) is 11.9 Å². The van der Waals surface area contributed by atoms with Crippen LogP contribution in [0, 0.1) is 5.92 Å². The van der Waals surface area contributed by atoms with Crippen LogP contribution in [0.25, 0.3) is 0 Å². The number of anilines is 1. The fraction of sp³-hybridized carbons (Fsp3) is 0.389. The Kier molecular flexibility index (Phi) is 4.60. The summed E-state index contributed by atoms with van der Waals surface area (Å²) >= 11 is 4.96. The van der Waals surface area contributed by atoms with Crippen LogP contribution in [-0.4, -0.2) is 34.3 Å². The topological polar surface area (TPSA) is 62.3 Å². The van der Waals surface area contributed by atoms with Crippen molar-refractivity contribution >= 4 is 44.2 Å². The van der Waals surface area contributed by atoms with E-state index in [0.29, 0.717) is 11.7 Å². The Morgan fingerprint density at radius 3 is 2.92 bits per heavy atom. The van der Waals surface area contributed by atoms with Crippen molar-refractivity contribution < 1.29 is 9.59 Å². The highest BCUT2D eigenvalue weighted by Crippen LogP contribution is 2.51. The minimum Gasteiger partial charge on any atom is -0.330 e. The zero-order chi connectivity index (χ0) is 17.4. The predicted octanol–water partition coefficient (Wildman–Crippen LogP) is 3.64. The van der Waals surface area contributed by atoms with Gasteiger partial charge in [-0.2, -0.15) is 0 Å². The maximum atomic E-state index is 12.9. The average molecular weight is 420 g/mol. The molecule has 130 valence electrons. The second-order valence-electron chi connectivity index (χ2n) is 6.49. The van der Waals surface area contributed by atoms with E-state index < -0.39 is 0 Å². The molecule has 0 unspecified atom stereocenters. The Bertz CT molecular complexity index is 795. The molecule has 2 heterocycles. The zero-order valence-corrected chi connectivity index (χ0v) is 15.9. The number of benzene rings is 1. The number of thiazole rings is 1. The van der Waals surface area contributed by atoms with E-state index in [4.69, 9.17) is 0 Å². The monoisotopic (exact) mass is 419 g/mol. The summed E-state index contributed by atoms with van der Waals surface area (Å²) in [6.45, 7) is 0.661. The van der Waals surface area contributed by atoms with Crippen LogP contribution in [0.2, 0.25) is 0 Å². The molecule has 2 fully saturated rings. The van der Waals surface area contributed by atoms with E-state index in [1.54, 1.807) is 11.1 Å². The highest BCUT2D eigenvalue weighted by Gasteiger charge is 2.49. The van der Waals surface area contributed by atoms with E-state index in [0.717, 1.165) is 23.7 Å². The van der Waals surface area contributed by atoms with Gasteiger partial charge in [0, 0.05) is 28.5 Å². The molecule has 3 atom stereocenters.